The van der Waals surface area contributed by atoms with Gasteiger partial charge in [0, 0.05) is 11.5 Å². The van der Waals surface area contributed by atoms with Gasteiger partial charge in [0.05, 0.1) is 6.04 Å². The molecule has 0 aliphatic heterocycles. The molecular weight excluding hydrogens is 376 g/mol. The minimum atomic E-state index is -0.435. The van der Waals surface area contributed by atoms with Crippen LogP contribution in [0, 0.1) is 11.8 Å². The van der Waals surface area contributed by atoms with Crippen LogP contribution in [0.1, 0.15) is 57.7 Å². The molecule has 0 bridgehead atoms. The standard InChI is InChI=1S/C24H28N4O2/c1-3-20(25-23(29)17-13-11-15(2)12-14-17)21-24(30)26-22(28-27-21)19-10-6-8-16-7-4-5-9-18(16)19/h4-10,15,17,20H,3,11-14H2,1-2H3,(H,25,29)(H,26,28,30). The molecule has 1 fully saturated rings. The van der Waals surface area contributed by atoms with Gasteiger partial charge in [0.25, 0.3) is 5.56 Å². The van der Waals surface area contributed by atoms with E-state index in [1.807, 2.05) is 49.4 Å². The molecule has 2 N–H and O–H groups in total. The van der Waals surface area contributed by atoms with Crippen molar-refractivity contribution in [2.24, 2.45) is 11.8 Å². The van der Waals surface area contributed by atoms with Gasteiger partial charge in [-0.15, -0.1) is 10.2 Å². The Hall–Kier alpha value is -3.02. The maximum absolute atomic E-state index is 12.8. The first-order valence-corrected chi connectivity index (χ1v) is 10.8. The molecule has 6 heteroatoms. The molecule has 3 aromatic rings. The van der Waals surface area contributed by atoms with Crippen LogP contribution in [0.25, 0.3) is 22.2 Å². The van der Waals surface area contributed by atoms with Crippen LogP contribution in [-0.2, 0) is 4.79 Å². The lowest BCUT2D eigenvalue weighted by Crippen LogP contribution is -2.38. The highest BCUT2D eigenvalue weighted by Crippen LogP contribution is 2.29. The number of hydrogen-bond acceptors (Lipinski definition) is 4. The van der Waals surface area contributed by atoms with Gasteiger partial charge in [0.15, 0.2) is 11.5 Å². The van der Waals surface area contributed by atoms with Crippen LogP contribution in [-0.4, -0.2) is 21.1 Å². The molecule has 6 nitrogen and oxygen atoms in total. The summed E-state index contributed by atoms with van der Waals surface area (Å²) in [5.41, 5.74) is 0.786. The summed E-state index contributed by atoms with van der Waals surface area (Å²) in [6.45, 7) is 4.17. The molecule has 1 saturated carbocycles. The number of carbonyl (C=O) groups excluding carboxylic acids is 1. The first-order valence-electron chi connectivity index (χ1n) is 10.8. The number of nitrogens with zero attached hydrogens (tertiary/aromatic N) is 2. The van der Waals surface area contributed by atoms with E-state index in [1.54, 1.807) is 0 Å². The second-order valence-corrected chi connectivity index (χ2v) is 8.34. The van der Waals surface area contributed by atoms with Gasteiger partial charge in [0.1, 0.15) is 0 Å². The highest BCUT2D eigenvalue weighted by molar-refractivity contribution is 5.94. The fourth-order valence-corrected chi connectivity index (χ4v) is 4.30. The Morgan fingerprint density at radius 1 is 1.10 bits per heavy atom. The van der Waals surface area contributed by atoms with E-state index in [0.29, 0.717) is 18.2 Å². The van der Waals surface area contributed by atoms with E-state index in [4.69, 9.17) is 0 Å². The SMILES string of the molecule is CCC(NC(=O)C1CCC(C)CC1)c1nnc(-c2cccc3ccccc23)[nH]c1=O. The monoisotopic (exact) mass is 404 g/mol. The Labute approximate surface area is 176 Å². The van der Waals surface area contributed by atoms with Crippen molar-refractivity contribution in [3.8, 4) is 11.4 Å². The van der Waals surface area contributed by atoms with Gasteiger partial charge in [-0.1, -0.05) is 56.3 Å². The van der Waals surface area contributed by atoms with Crippen LogP contribution >= 0.6 is 0 Å². The molecule has 0 saturated heterocycles. The number of aromatic amines is 1. The maximum Gasteiger partial charge on any atom is 0.275 e. The summed E-state index contributed by atoms with van der Waals surface area (Å²) in [5.74, 6) is 1.17. The van der Waals surface area contributed by atoms with Crippen molar-refractivity contribution in [1.82, 2.24) is 20.5 Å². The molecule has 1 aliphatic rings. The second-order valence-electron chi connectivity index (χ2n) is 8.34. The highest BCUT2D eigenvalue weighted by Gasteiger charge is 2.27. The second kappa shape index (κ2) is 8.78. The van der Waals surface area contributed by atoms with Crippen LogP contribution < -0.4 is 10.9 Å². The Morgan fingerprint density at radius 3 is 2.57 bits per heavy atom. The van der Waals surface area contributed by atoms with E-state index < -0.39 is 6.04 Å². The van der Waals surface area contributed by atoms with Crippen molar-refractivity contribution >= 4 is 16.7 Å². The molecule has 1 unspecified atom stereocenters. The summed E-state index contributed by atoms with van der Waals surface area (Å²) < 4.78 is 0. The molecule has 156 valence electrons. The van der Waals surface area contributed by atoms with E-state index >= 15 is 0 Å². The summed E-state index contributed by atoms with van der Waals surface area (Å²) in [6, 6.07) is 13.4. The molecule has 2 aromatic carbocycles. The number of aromatic nitrogens is 3. The van der Waals surface area contributed by atoms with E-state index in [9.17, 15) is 9.59 Å². The van der Waals surface area contributed by atoms with Crippen molar-refractivity contribution in [1.29, 1.82) is 0 Å². The van der Waals surface area contributed by atoms with Crippen LogP contribution in [0.15, 0.2) is 47.3 Å². The van der Waals surface area contributed by atoms with Crippen LogP contribution in [0.2, 0.25) is 0 Å². The quantitative estimate of drug-likeness (QED) is 0.661. The molecule has 1 atom stereocenters. The molecule has 1 aliphatic carbocycles. The third-order valence-electron chi connectivity index (χ3n) is 6.21. The largest absolute Gasteiger partial charge is 0.347 e. The van der Waals surface area contributed by atoms with E-state index in [2.05, 4.69) is 27.4 Å². The highest BCUT2D eigenvalue weighted by atomic mass is 16.2. The summed E-state index contributed by atoms with van der Waals surface area (Å²) >= 11 is 0. The normalized spacial score (nSPS) is 20.1. The van der Waals surface area contributed by atoms with Crippen molar-refractivity contribution in [3.63, 3.8) is 0 Å². The van der Waals surface area contributed by atoms with E-state index in [0.717, 1.165) is 42.0 Å². The minimum Gasteiger partial charge on any atom is -0.347 e. The molecule has 1 aromatic heterocycles. The molecule has 0 spiro atoms. The maximum atomic E-state index is 12.8. The molecule has 30 heavy (non-hydrogen) atoms. The van der Waals surface area contributed by atoms with Crippen LogP contribution in [0.5, 0.6) is 0 Å². The van der Waals surface area contributed by atoms with Gasteiger partial charge in [0.2, 0.25) is 5.91 Å². The number of fused-ring (bicyclic) bond motifs is 1. The first kappa shape index (κ1) is 20.3. The zero-order chi connectivity index (χ0) is 21.1. The zero-order valence-corrected chi connectivity index (χ0v) is 17.5. The van der Waals surface area contributed by atoms with Gasteiger partial charge in [-0.2, -0.15) is 0 Å². The molecule has 0 radical (unpaired) electrons. The fourth-order valence-electron chi connectivity index (χ4n) is 4.30. The molecule has 1 amide bonds. The summed E-state index contributed by atoms with van der Waals surface area (Å²) in [6.07, 6.45) is 4.56. The number of rotatable bonds is 5. The number of carbonyl (C=O) groups is 1. The number of benzene rings is 2. The fraction of sp³-hybridized carbons (Fsp3) is 0.417. The molecular formula is C24H28N4O2. The Morgan fingerprint density at radius 2 is 1.83 bits per heavy atom. The number of amides is 1. The van der Waals surface area contributed by atoms with E-state index in [-0.39, 0.29) is 23.1 Å². The lowest BCUT2D eigenvalue weighted by Gasteiger charge is -2.27. The minimum absolute atomic E-state index is 0.0214. The summed E-state index contributed by atoms with van der Waals surface area (Å²) in [5, 5.41) is 13.6. The Balaban J connectivity index is 1.57. The van der Waals surface area contributed by atoms with Gasteiger partial charge < -0.3 is 10.3 Å². The van der Waals surface area contributed by atoms with Gasteiger partial charge in [-0.3, -0.25) is 9.59 Å². The number of H-pyrrole nitrogens is 1. The van der Waals surface area contributed by atoms with Gasteiger partial charge >= 0.3 is 0 Å². The van der Waals surface area contributed by atoms with Crippen LogP contribution in [0.4, 0.5) is 0 Å². The first-order chi connectivity index (χ1) is 14.6. The summed E-state index contributed by atoms with van der Waals surface area (Å²) in [7, 11) is 0. The lowest BCUT2D eigenvalue weighted by molar-refractivity contribution is -0.127. The van der Waals surface area contributed by atoms with Crippen molar-refractivity contribution in [3.05, 3.63) is 58.5 Å². The lowest BCUT2D eigenvalue weighted by atomic mass is 9.82. The van der Waals surface area contributed by atoms with Crippen molar-refractivity contribution in [2.75, 3.05) is 0 Å². The topological polar surface area (TPSA) is 87.7 Å². The predicted octanol–water partition coefficient (Wildman–Crippen LogP) is 4.38. The summed E-state index contributed by atoms with van der Waals surface area (Å²) in [4.78, 5) is 28.4. The van der Waals surface area contributed by atoms with Crippen molar-refractivity contribution in [2.45, 2.75) is 52.0 Å². The van der Waals surface area contributed by atoms with Crippen LogP contribution in [0.3, 0.4) is 0 Å². The third-order valence-corrected chi connectivity index (χ3v) is 6.21. The number of hydrogen-bond donors (Lipinski definition) is 2. The average Bonchev–Trinajstić information content (AvgIpc) is 2.77. The zero-order valence-electron chi connectivity index (χ0n) is 17.5. The number of nitrogens with one attached hydrogen (secondary N) is 2. The Kier molecular flexibility index (Phi) is 5.93. The van der Waals surface area contributed by atoms with Gasteiger partial charge in [-0.25, -0.2) is 0 Å². The van der Waals surface area contributed by atoms with Crippen molar-refractivity contribution < 1.29 is 4.79 Å². The average molecular weight is 405 g/mol. The molecule has 1 heterocycles. The predicted molar refractivity (Wildman–Crippen MR) is 118 cm³/mol. The van der Waals surface area contributed by atoms with Gasteiger partial charge in [-0.05, 0) is 48.8 Å². The molecule has 4 rings (SSSR count). The van der Waals surface area contributed by atoms with E-state index in [1.165, 1.54) is 0 Å². The Bertz CT molecular complexity index is 1090. The third kappa shape index (κ3) is 4.13. The smallest absolute Gasteiger partial charge is 0.275 e.